The lowest BCUT2D eigenvalue weighted by Crippen LogP contribution is -2.25. The van der Waals surface area contributed by atoms with Crippen LogP contribution in [0.25, 0.3) is 0 Å². The molecule has 1 aliphatic rings. The monoisotopic (exact) mass is 256 g/mol. The summed E-state index contributed by atoms with van der Waals surface area (Å²) in [4.78, 5) is 11.2. The zero-order valence-corrected chi connectivity index (χ0v) is 10.1. The minimum atomic E-state index is -0.153. The second-order valence-corrected chi connectivity index (χ2v) is 4.17. The Morgan fingerprint density at radius 3 is 2.63 bits per heavy atom. The molecule has 0 radical (unpaired) electrons. The van der Waals surface area contributed by atoms with Gasteiger partial charge in [-0.2, -0.15) is 0 Å². The first-order valence-corrected chi connectivity index (χ1v) is 5.81. The van der Waals surface area contributed by atoms with Gasteiger partial charge in [0.25, 0.3) is 5.91 Å². The predicted molar refractivity (Wildman–Crippen MR) is 71.5 cm³/mol. The minimum absolute atomic E-state index is 0.0261. The van der Waals surface area contributed by atoms with Crippen LogP contribution in [0.4, 0.5) is 11.4 Å². The van der Waals surface area contributed by atoms with Crippen LogP contribution in [0.3, 0.4) is 0 Å². The number of benzene rings is 2. The summed E-state index contributed by atoms with van der Waals surface area (Å²) in [5, 5.41) is 2.72. The number of rotatable bonds is 2. The van der Waals surface area contributed by atoms with E-state index >= 15 is 0 Å². The average Bonchev–Trinajstić information content (AvgIpc) is 2.42. The molecule has 5 heteroatoms. The molecular formula is C14H12N2O3. The summed E-state index contributed by atoms with van der Waals surface area (Å²) in [7, 11) is 0. The van der Waals surface area contributed by atoms with Crippen LogP contribution in [-0.4, -0.2) is 12.5 Å². The molecule has 1 amide bonds. The van der Waals surface area contributed by atoms with Crippen molar-refractivity contribution in [3.63, 3.8) is 0 Å². The molecule has 2 aromatic carbocycles. The van der Waals surface area contributed by atoms with Gasteiger partial charge in [-0.3, -0.25) is 4.79 Å². The van der Waals surface area contributed by atoms with E-state index in [4.69, 9.17) is 15.2 Å². The van der Waals surface area contributed by atoms with Crippen molar-refractivity contribution in [2.24, 2.45) is 0 Å². The first-order chi connectivity index (χ1) is 9.20. The molecule has 2 aromatic rings. The van der Waals surface area contributed by atoms with Crippen LogP contribution in [0.2, 0.25) is 0 Å². The van der Waals surface area contributed by atoms with E-state index in [0.717, 1.165) is 0 Å². The number of carbonyl (C=O) groups is 1. The maximum absolute atomic E-state index is 11.2. The zero-order valence-electron chi connectivity index (χ0n) is 10.1. The summed E-state index contributed by atoms with van der Waals surface area (Å²) < 4.78 is 11.0. The van der Waals surface area contributed by atoms with Crippen LogP contribution in [-0.2, 0) is 4.79 Å². The number of fused-ring (bicyclic) bond motifs is 1. The van der Waals surface area contributed by atoms with Gasteiger partial charge in [0.15, 0.2) is 6.61 Å². The van der Waals surface area contributed by atoms with Crippen LogP contribution in [0, 0.1) is 0 Å². The second-order valence-electron chi connectivity index (χ2n) is 4.17. The molecule has 1 heterocycles. The normalized spacial score (nSPS) is 13.2. The molecule has 3 N–H and O–H groups in total. The molecule has 0 bridgehead atoms. The third-order valence-electron chi connectivity index (χ3n) is 2.70. The lowest BCUT2D eigenvalue weighted by atomic mass is 10.2. The van der Waals surface area contributed by atoms with E-state index in [2.05, 4.69) is 5.32 Å². The second kappa shape index (κ2) is 4.53. The number of nitrogen functional groups attached to an aromatic ring is 1. The van der Waals surface area contributed by atoms with Crippen molar-refractivity contribution in [3.8, 4) is 17.2 Å². The predicted octanol–water partition coefficient (Wildman–Crippen LogP) is 2.39. The summed E-state index contributed by atoms with van der Waals surface area (Å²) >= 11 is 0. The molecule has 0 spiro atoms. The molecule has 19 heavy (non-hydrogen) atoms. The van der Waals surface area contributed by atoms with Gasteiger partial charge in [0.1, 0.15) is 17.2 Å². The standard InChI is InChI=1S/C14H12N2O3/c15-9-1-3-10(4-2-9)19-11-5-6-12-13(7-11)18-8-14(17)16-12/h1-7H,8,15H2,(H,16,17). The molecule has 96 valence electrons. The van der Waals surface area contributed by atoms with Gasteiger partial charge in [0.2, 0.25) is 0 Å². The molecule has 0 unspecified atom stereocenters. The molecule has 0 atom stereocenters. The van der Waals surface area contributed by atoms with E-state index in [-0.39, 0.29) is 12.5 Å². The van der Waals surface area contributed by atoms with Crippen LogP contribution in [0.5, 0.6) is 17.2 Å². The quantitative estimate of drug-likeness (QED) is 0.809. The number of amides is 1. The van der Waals surface area contributed by atoms with Gasteiger partial charge in [0, 0.05) is 11.8 Å². The number of carbonyl (C=O) groups excluding carboxylic acids is 1. The van der Waals surface area contributed by atoms with Gasteiger partial charge in [-0.05, 0) is 36.4 Å². The first kappa shape index (κ1) is 11.4. The van der Waals surface area contributed by atoms with Crippen molar-refractivity contribution in [1.82, 2.24) is 0 Å². The highest BCUT2D eigenvalue weighted by atomic mass is 16.5. The van der Waals surface area contributed by atoms with E-state index in [1.54, 1.807) is 42.5 Å². The van der Waals surface area contributed by atoms with Gasteiger partial charge < -0.3 is 20.5 Å². The van der Waals surface area contributed by atoms with E-state index in [0.29, 0.717) is 28.6 Å². The van der Waals surface area contributed by atoms with Crippen LogP contribution >= 0.6 is 0 Å². The van der Waals surface area contributed by atoms with Crippen LogP contribution in [0.15, 0.2) is 42.5 Å². The SMILES string of the molecule is Nc1ccc(Oc2ccc3c(c2)OCC(=O)N3)cc1. The van der Waals surface area contributed by atoms with Gasteiger partial charge >= 0.3 is 0 Å². The highest BCUT2D eigenvalue weighted by molar-refractivity contribution is 5.95. The Hall–Kier alpha value is -2.69. The number of nitrogens with one attached hydrogen (secondary N) is 1. The molecule has 0 saturated carbocycles. The largest absolute Gasteiger partial charge is 0.481 e. The summed E-state index contributed by atoms with van der Waals surface area (Å²) in [5.74, 6) is 1.78. The molecule has 1 aliphatic heterocycles. The fourth-order valence-electron chi connectivity index (χ4n) is 1.79. The molecule has 0 aromatic heterocycles. The Labute approximate surface area is 109 Å². The molecule has 5 nitrogen and oxygen atoms in total. The van der Waals surface area contributed by atoms with Gasteiger partial charge in [-0.1, -0.05) is 0 Å². The summed E-state index contributed by atoms with van der Waals surface area (Å²) in [5.41, 5.74) is 6.95. The molecule has 0 aliphatic carbocycles. The Morgan fingerprint density at radius 2 is 1.84 bits per heavy atom. The molecule has 3 rings (SSSR count). The smallest absolute Gasteiger partial charge is 0.262 e. The van der Waals surface area contributed by atoms with Crippen molar-refractivity contribution in [3.05, 3.63) is 42.5 Å². The van der Waals surface area contributed by atoms with Gasteiger partial charge in [-0.25, -0.2) is 0 Å². The van der Waals surface area contributed by atoms with E-state index in [1.807, 2.05) is 0 Å². The molecule has 0 fully saturated rings. The maximum atomic E-state index is 11.2. The van der Waals surface area contributed by atoms with Crippen molar-refractivity contribution in [2.45, 2.75) is 0 Å². The summed E-state index contributed by atoms with van der Waals surface area (Å²) in [6.45, 7) is 0.0261. The highest BCUT2D eigenvalue weighted by Gasteiger charge is 2.16. The van der Waals surface area contributed by atoms with Crippen molar-refractivity contribution in [2.75, 3.05) is 17.7 Å². The summed E-state index contributed by atoms with van der Waals surface area (Å²) in [6.07, 6.45) is 0. The highest BCUT2D eigenvalue weighted by Crippen LogP contribution is 2.33. The fraction of sp³-hybridized carbons (Fsp3) is 0.0714. The first-order valence-electron chi connectivity index (χ1n) is 5.81. The Bertz CT molecular complexity index is 623. The fourth-order valence-corrected chi connectivity index (χ4v) is 1.79. The van der Waals surface area contributed by atoms with E-state index in [1.165, 1.54) is 0 Å². The van der Waals surface area contributed by atoms with Gasteiger partial charge in [0.05, 0.1) is 5.69 Å². The Kier molecular flexibility index (Phi) is 2.72. The lowest BCUT2D eigenvalue weighted by molar-refractivity contribution is -0.118. The van der Waals surface area contributed by atoms with Crippen LogP contribution < -0.4 is 20.5 Å². The topological polar surface area (TPSA) is 73.6 Å². The third kappa shape index (κ3) is 2.44. The number of nitrogens with two attached hydrogens (primary N) is 1. The van der Waals surface area contributed by atoms with E-state index in [9.17, 15) is 4.79 Å². The molecular weight excluding hydrogens is 244 g/mol. The lowest BCUT2D eigenvalue weighted by Gasteiger charge is -2.18. The molecule has 0 saturated heterocycles. The summed E-state index contributed by atoms with van der Waals surface area (Å²) in [6, 6.07) is 12.4. The third-order valence-corrected chi connectivity index (χ3v) is 2.70. The van der Waals surface area contributed by atoms with Crippen molar-refractivity contribution >= 4 is 17.3 Å². The zero-order chi connectivity index (χ0) is 13.2. The maximum Gasteiger partial charge on any atom is 0.262 e. The van der Waals surface area contributed by atoms with E-state index < -0.39 is 0 Å². The number of hydrogen-bond donors (Lipinski definition) is 2. The average molecular weight is 256 g/mol. The number of hydrogen-bond acceptors (Lipinski definition) is 4. The van der Waals surface area contributed by atoms with Crippen LogP contribution in [0.1, 0.15) is 0 Å². The van der Waals surface area contributed by atoms with Gasteiger partial charge in [-0.15, -0.1) is 0 Å². The van der Waals surface area contributed by atoms with Crippen molar-refractivity contribution < 1.29 is 14.3 Å². The number of anilines is 2. The Balaban J connectivity index is 1.82. The number of ether oxygens (including phenoxy) is 2. The van der Waals surface area contributed by atoms with Crippen molar-refractivity contribution in [1.29, 1.82) is 0 Å². The minimum Gasteiger partial charge on any atom is -0.481 e. The Morgan fingerprint density at radius 1 is 1.11 bits per heavy atom.